The van der Waals surface area contributed by atoms with Crippen LogP contribution in [0.4, 0.5) is 0 Å². The summed E-state index contributed by atoms with van der Waals surface area (Å²) in [5, 5.41) is 0. The molecular weight excluding hydrogens is 158 g/mol. The van der Waals surface area contributed by atoms with E-state index in [0.717, 1.165) is 12.0 Å². The average molecular weight is 179 g/mol. The van der Waals surface area contributed by atoms with Crippen LogP contribution in [-0.4, -0.2) is 25.0 Å². The Bertz CT molecular complexity index is 191. The molecule has 2 rings (SSSR count). The highest BCUT2D eigenvalue weighted by atomic mass is 15.1. The Balaban J connectivity index is 1.78. The maximum atomic E-state index is 2.56. The van der Waals surface area contributed by atoms with Crippen molar-refractivity contribution in [1.82, 2.24) is 4.90 Å². The maximum Gasteiger partial charge on any atom is 0.00895 e. The fourth-order valence-corrected chi connectivity index (χ4v) is 2.36. The molecule has 0 aromatic heterocycles. The van der Waals surface area contributed by atoms with E-state index in [1.165, 1.54) is 38.5 Å². The lowest BCUT2D eigenvalue weighted by Gasteiger charge is -2.31. The Morgan fingerprint density at radius 3 is 2.15 bits per heavy atom. The summed E-state index contributed by atoms with van der Waals surface area (Å²) in [5.74, 6) is 0.925. The highest BCUT2D eigenvalue weighted by Gasteiger charge is 2.22. The van der Waals surface area contributed by atoms with Crippen molar-refractivity contribution in [2.75, 3.05) is 14.1 Å². The largest absolute Gasteiger partial charge is 0.306 e. The smallest absolute Gasteiger partial charge is 0.00895 e. The van der Waals surface area contributed by atoms with Gasteiger partial charge in [0.05, 0.1) is 0 Å². The molecule has 0 N–H and O–H groups in total. The minimum absolute atomic E-state index is 0.855. The van der Waals surface area contributed by atoms with E-state index in [2.05, 4.69) is 25.1 Å². The predicted octanol–water partition coefficient (Wildman–Crippen LogP) is 2.83. The molecule has 0 aliphatic heterocycles. The summed E-state index contributed by atoms with van der Waals surface area (Å²) in [6, 6.07) is 0.855. The van der Waals surface area contributed by atoms with Crippen LogP contribution in [0.5, 0.6) is 0 Å². The van der Waals surface area contributed by atoms with Crippen LogP contribution < -0.4 is 0 Å². The van der Waals surface area contributed by atoms with Crippen LogP contribution in [0.2, 0.25) is 0 Å². The molecule has 0 amide bonds. The van der Waals surface area contributed by atoms with Crippen molar-refractivity contribution < 1.29 is 0 Å². The summed E-state index contributed by atoms with van der Waals surface area (Å²) in [6.07, 6.45) is 11.0. The first-order valence-electron chi connectivity index (χ1n) is 5.61. The summed E-state index contributed by atoms with van der Waals surface area (Å²) in [5.41, 5.74) is 1.73. The number of allylic oxidation sites excluding steroid dienone is 2. The molecule has 0 atom stereocenters. The zero-order chi connectivity index (χ0) is 9.26. The predicted molar refractivity (Wildman–Crippen MR) is 56.8 cm³/mol. The van der Waals surface area contributed by atoms with Gasteiger partial charge in [-0.15, -0.1) is 0 Å². The van der Waals surface area contributed by atoms with Crippen molar-refractivity contribution in [3.63, 3.8) is 0 Å². The van der Waals surface area contributed by atoms with Gasteiger partial charge in [0.15, 0.2) is 0 Å². The van der Waals surface area contributed by atoms with E-state index in [9.17, 15) is 0 Å². The van der Waals surface area contributed by atoms with E-state index >= 15 is 0 Å². The molecule has 0 aromatic rings. The van der Waals surface area contributed by atoms with E-state index in [4.69, 9.17) is 0 Å². The minimum Gasteiger partial charge on any atom is -0.306 e. The maximum absolute atomic E-state index is 2.56. The second-order valence-corrected chi connectivity index (χ2v) is 4.86. The van der Waals surface area contributed by atoms with Gasteiger partial charge in [-0.3, -0.25) is 0 Å². The van der Waals surface area contributed by atoms with Crippen LogP contribution >= 0.6 is 0 Å². The zero-order valence-corrected chi connectivity index (χ0v) is 8.92. The van der Waals surface area contributed by atoms with E-state index in [-0.39, 0.29) is 0 Å². The molecule has 1 nitrogen and oxygen atoms in total. The number of hydrogen-bond donors (Lipinski definition) is 0. The lowest BCUT2D eigenvalue weighted by molar-refractivity contribution is 0.209. The third-order valence-corrected chi connectivity index (χ3v) is 3.48. The van der Waals surface area contributed by atoms with Crippen LogP contribution in [0.25, 0.3) is 0 Å². The second kappa shape index (κ2) is 3.83. The average Bonchev–Trinajstić information content (AvgIpc) is 2.89. The Labute approximate surface area is 81.8 Å². The summed E-state index contributed by atoms with van der Waals surface area (Å²) < 4.78 is 0. The third kappa shape index (κ3) is 2.57. The summed E-state index contributed by atoms with van der Waals surface area (Å²) >= 11 is 0. The molecule has 1 heteroatoms. The molecule has 74 valence electrons. The lowest BCUT2D eigenvalue weighted by atomic mass is 9.85. The van der Waals surface area contributed by atoms with Gasteiger partial charge in [-0.1, -0.05) is 11.6 Å². The number of nitrogens with zero attached hydrogens (tertiary/aromatic N) is 1. The molecule has 13 heavy (non-hydrogen) atoms. The van der Waals surface area contributed by atoms with Gasteiger partial charge in [0.2, 0.25) is 0 Å². The SMILES string of the molecule is CN(C)C1CCC(C=C2CC2)CC1. The van der Waals surface area contributed by atoms with Crippen molar-refractivity contribution in [2.45, 2.75) is 44.6 Å². The van der Waals surface area contributed by atoms with Crippen molar-refractivity contribution >= 4 is 0 Å². The van der Waals surface area contributed by atoms with Gasteiger partial charge in [0, 0.05) is 6.04 Å². The van der Waals surface area contributed by atoms with Crippen molar-refractivity contribution in [3.8, 4) is 0 Å². The first-order chi connectivity index (χ1) is 6.25. The van der Waals surface area contributed by atoms with Gasteiger partial charge < -0.3 is 4.90 Å². The second-order valence-electron chi connectivity index (χ2n) is 4.86. The van der Waals surface area contributed by atoms with Crippen LogP contribution in [0.3, 0.4) is 0 Å². The zero-order valence-electron chi connectivity index (χ0n) is 8.92. The van der Waals surface area contributed by atoms with E-state index < -0.39 is 0 Å². The van der Waals surface area contributed by atoms with Gasteiger partial charge in [0.1, 0.15) is 0 Å². The molecule has 0 unspecified atom stereocenters. The fraction of sp³-hybridized carbons (Fsp3) is 0.833. The number of rotatable bonds is 2. The third-order valence-electron chi connectivity index (χ3n) is 3.48. The van der Waals surface area contributed by atoms with E-state index in [1.807, 2.05) is 0 Å². The van der Waals surface area contributed by atoms with Crippen molar-refractivity contribution in [3.05, 3.63) is 11.6 Å². The molecule has 2 aliphatic rings. The first-order valence-corrected chi connectivity index (χ1v) is 5.61. The Morgan fingerprint density at radius 2 is 1.69 bits per heavy atom. The summed E-state index contributed by atoms with van der Waals surface area (Å²) in [6.45, 7) is 0. The normalized spacial score (nSPS) is 33.6. The van der Waals surface area contributed by atoms with Gasteiger partial charge in [0.25, 0.3) is 0 Å². The van der Waals surface area contributed by atoms with Crippen LogP contribution in [0.1, 0.15) is 38.5 Å². The van der Waals surface area contributed by atoms with Crippen LogP contribution in [0, 0.1) is 5.92 Å². The summed E-state index contributed by atoms with van der Waals surface area (Å²) in [7, 11) is 4.43. The van der Waals surface area contributed by atoms with Crippen LogP contribution in [-0.2, 0) is 0 Å². The molecule has 0 spiro atoms. The Morgan fingerprint density at radius 1 is 1.08 bits per heavy atom. The Kier molecular flexibility index (Phi) is 2.73. The molecule has 0 aromatic carbocycles. The van der Waals surface area contributed by atoms with Gasteiger partial charge in [-0.2, -0.15) is 0 Å². The molecule has 0 radical (unpaired) electrons. The molecule has 0 heterocycles. The van der Waals surface area contributed by atoms with E-state index in [0.29, 0.717) is 0 Å². The minimum atomic E-state index is 0.855. The molecule has 2 fully saturated rings. The molecule has 2 aliphatic carbocycles. The number of hydrogen-bond acceptors (Lipinski definition) is 1. The van der Waals surface area contributed by atoms with Crippen molar-refractivity contribution in [2.24, 2.45) is 5.92 Å². The highest BCUT2D eigenvalue weighted by Crippen LogP contribution is 2.34. The molecular formula is C12H21N. The molecule has 0 saturated heterocycles. The van der Waals surface area contributed by atoms with Gasteiger partial charge >= 0.3 is 0 Å². The quantitative estimate of drug-likeness (QED) is 0.589. The molecule has 2 saturated carbocycles. The van der Waals surface area contributed by atoms with Crippen molar-refractivity contribution in [1.29, 1.82) is 0 Å². The first kappa shape index (κ1) is 9.26. The lowest BCUT2D eigenvalue weighted by Crippen LogP contribution is -2.31. The van der Waals surface area contributed by atoms with Crippen LogP contribution in [0.15, 0.2) is 11.6 Å². The monoisotopic (exact) mass is 179 g/mol. The summed E-state index contributed by atoms with van der Waals surface area (Å²) in [4.78, 5) is 2.39. The standard InChI is InChI=1S/C12H21N/c1-13(2)12-7-5-11(6-8-12)9-10-3-4-10/h9,11-12H,3-8H2,1-2H3. The van der Waals surface area contributed by atoms with E-state index in [1.54, 1.807) is 5.57 Å². The molecule has 0 bridgehead atoms. The topological polar surface area (TPSA) is 3.24 Å². The van der Waals surface area contributed by atoms with Gasteiger partial charge in [-0.25, -0.2) is 0 Å². The Hall–Kier alpha value is -0.300. The fourth-order valence-electron chi connectivity index (χ4n) is 2.36. The highest BCUT2D eigenvalue weighted by molar-refractivity contribution is 5.17. The van der Waals surface area contributed by atoms with Gasteiger partial charge in [-0.05, 0) is 58.5 Å².